The summed E-state index contributed by atoms with van der Waals surface area (Å²) >= 11 is 0. The maximum Gasteiger partial charge on any atom is 0.0598 e. The summed E-state index contributed by atoms with van der Waals surface area (Å²) in [5.41, 5.74) is 5.35. The van der Waals surface area contributed by atoms with E-state index in [1.807, 2.05) is 0 Å². The fourth-order valence-corrected chi connectivity index (χ4v) is 0.793. The van der Waals surface area contributed by atoms with Crippen LogP contribution in [0.25, 0.3) is 0 Å². The minimum absolute atomic E-state index is 0.747. The van der Waals surface area contributed by atoms with Crippen LogP contribution in [0.4, 0.5) is 0 Å². The molecule has 0 spiro atoms. The van der Waals surface area contributed by atoms with Crippen molar-refractivity contribution in [2.45, 2.75) is 13.3 Å². The lowest BCUT2D eigenvalue weighted by atomic mass is 10.4. The van der Waals surface area contributed by atoms with Crippen molar-refractivity contribution in [2.75, 3.05) is 26.2 Å². The van der Waals surface area contributed by atoms with Crippen LogP contribution in [0.5, 0.6) is 0 Å². The van der Waals surface area contributed by atoms with Crippen molar-refractivity contribution in [1.82, 2.24) is 4.90 Å². The van der Waals surface area contributed by atoms with Gasteiger partial charge in [-0.1, -0.05) is 12.8 Å². The Hall–Kier alpha value is -0.520. The zero-order chi connectivity index (χ0) is 7.82. The lowest BCUT2D eigenvalue weighted by Crippen LogP contribution is -2.26. The van der Waals surface area contributed by atoms with E-state index in [1.54, 1.807) is 0 Å². The number of hydrogen-bond donors (Lipinski definition) is 1. The van der Waals surface area contributed by atoms with Crippen molar-refractivity contribution in [1.29, 1.82) is 0 Å². The molecule has 0 aromatic rings. The van der Waals surface area contributed by atoms with Crippen LogP contribution >= 0.6 is 0 Å². The van der Waals surface area contributed by atoms with E-state index >= 15 is 0 Å². The molecule has 0 aliphatic carbocycles. The van der Waals surface area contributed by atoms with Crippen molar-refractivity contribution in [3.05, 3.63) is 0 Å². The minimum Gasteiger partial charge on any atom is -0.330 e. The van der Waals surface area contributed by atoms with Crippen molar-refractivity contribution in [2.24, 2.45) is 5.73 Å². The lowest BCUT2D eigenvalue weighted by molar-refractivity contribution is 0.321. The Kier molecular flexibility index (Phi) is 6.25. The SMILES string of the molecule is C#CCN(CC)CCCN. The fraction of sp³-hybridized carbons (Fsp3) is 0.750. The van der Waals surface area contributed by atoms with E-state index in [0.29, 0.717) is 0 Å². The Morgan fingerprint density at radius 2 is 2.30 bits per heavy atom. The molecule has 0 amide bonds. The van der Waals surface area contributed by atoms with Gasteiger partial charge in [-0.3, -0.25) is 4.90 Å². The molecule has 0 rings (SSSR count). The molecule has 0 fully saturated rings. The molecule has 0 aliphatic rings. The minimum atomic E-state index is 0.747. The molecule has 0 heterocycles. The molecule has 2 N–H and O–H groups in total. The highest BCUT2D eigenvalue weighted by atomic mass is 15.1. The van der Waals surface area contributed by atoms with Gasteiger partial charge >= 0.3 is 0 Å². The van der Waals surface area contributed by atoms with Gasteiger partial charge in [0.1, 0.15) is 0 Å². The predicted molar refractivity (Wildman–Crippen MR) is 44.6 cm³/mol. The average Bonchev–Trinajstić information content (AvgIpc) is 1.98. The van der Waals surface area contributed by atoms with Crippen LogP contribution in [0.1, 0.15) is 13.3 Å². The van der Waals surface area contributed by atoms with Crippen LogP contribution in [-0.4, -0.2) is 31.1 Å². The van der Waals surface area contributed by atoms with Crippen molar-refractivity contribution >= 4 is 0 Å². The van der Waals surface area contributed by atoms with E-state index in [1.165, 1.54) is 0 Å². The van der Waals surface area contributed by atoms with Gasteiger partial charge in [-0.2, -0.15) is 0 Å². The largest absolute Gasteiger partial charge is 0.330 e. The first kappa shape index (κ1) is 9.48. The van der Waals surface area contributed by atoms with E-state index in [0.717, 1.165) is 32.6 Å². The number of terminal acetylenes is 1. The van der Waals surface area contributed by atoms with Crippen LogP contribution in [0.3, 0.4) is 0 Å². The monoisotopic (exact) mass is 140 g/mol. The van der Waals surface area contributed by atoms with E-state index in [9.17, 15) is 0 Å². The van der Waals surface area contributed by atoms with Crippen LogP contribution in [0.15, 0.2) is 0 Å². The van der Waals surface area contributed by atoms with Crippen LogP contribution in [0, 0.1) is 12.3 Å². The second-order valence-electron chi connectivity index (χ2n) is 2.22. The summed E-state index contributed by atoms with van der Waals surface area (Å²) in [6.07, 6.45) is 6.19. The highest BCUT2D eigenvalue weighted by Gasteiger charge is 1.96. The molecule has 2 nitrogen and oxygen atoms in total. The van der Waals surface area contributed by atoms with Gasteiger partial charge in [0, 0.05) is 6.54 Å². The normalized spacial score (nSPS) is 9.80. The first-order chi connectivity index (χ1) is 4.85. The van der Waals surface area contributed by atoms with Gasteiger partial charge in [0.25, 0.3) is 0 Å². The third kappa shape index (κ3) is 4.37. The molecule has 0 saturated carbocycles. The topological polar surface area (TPSA) is 29.3 Å². The number of rotatable bonds is 5. The first-order valence-corrected chi connectivity index (χ1v) is 3.71. The molecule has 0 aromatic carbocycles. The molecule has 2 heteroatoms. The van der Waals surface area contributed by atoms with Gasteiger partial charge in [0.15, 0.2) is 0 Å². The summed E-state index contributed by atoms with van der Waals surface area (Å²) in [6, 6.07) is 0. The molecular formula is C8H16N2. The molecule has 0 saturated heterocycles. The summed E-state index contributed by atoms with van der Waals surface area (Å²) in [7, 11) is 0. The van der Waals surface area contributed by atoms with Gasteiger partial charge in [0.05, 0.1) is 6.54 Å². The maximum absolute atomic E-state index is 5.35. The number of nitrogens with zero attached hydrogens (tertiary/aromatic N) is 1. The smallest absolute Gasteiger partial charge is 0.0598 e. The molecule has 0 atom stereocenters. The summed E-state index contributed by atoms with van der Waals surface area (Å²) < 4.78 is 0. The van der Waals surface area contributed by atoms with Crippen molar-refractivity contribution < 1.29 is 0 Å². The highest BCUT2D eigenvalue weighted by Crippen LogP contribution is 1.87. The summed E-state index contributed by atoms with van der Waals surface area (Å²) in [5.74, 6) is 2.61. The Balaban J connectivity index is 3.32. The second kappa shape index (κ2) is 6.60. The van der Waals surface area contributed by atoms with E-state index in [2.05, 4.69) is 17.7 Å². The highest BCUT2D eigenvalue weighted by molar-refractivity contribution is 4.87. The summed E-state index contributed by atoms with van der Waals surface area (Å²) in [4.78, 5) is 2.20. The van der Waals surface area contributed by atoms with Gasteiger partial charge in [-0.15, -0.1) is 6.42 Å². The number of hydrogen-bond acceptors (Lipinski definition) is 2. The number of nitrogens with two attached hydrogens (primary N) is 1. The van der Waals surface area contributed by atoms with Gasteiger partial charge in [0.2, 0.25) is 0 Å². The van der Waals surface area contributed by atoms with Crippen LogP contribution in [0.2, 0.25) is 0 Å². The van der Waals surface area contributed by atoms with E-state index in [-0.39, 0.29) is 0 Å². The fourth-order valence-electron chi connectivity index (χ4n) is 0.793. The molecule has 0 aliphatic heterocycles. The van der Waals surface area contributed by atoms with E-state index < -0.39 is 0 Å². The molecule has 0 unspecified atom stereocenters. The van der Waals surface area contributed by atoms with Crippen molar-refractivity contribution in [3.8, 4) is 12.3 Å². The predicted octanol–water partition coefficient (Wildman–Crippen LogP) is 0.290. The molecular weight excluding hydrogens is 124 g/mol. The zero-order valence-electron chi connectivity index (χ0n) is 6.64. The molecule has 0 radical (unpaired) electrons. The Labute approximate surface area is 63.4 Å². The van der Waals surface area contributed by atoms with E-state index in [4.69, 9.17) is 12.2 Å². The lowest BCUT2D eigenvalue weighted by Gasteiger charge is -2.15. The van der Waals surface area contributed by atoms with Gasteiger partial charge < -0.3 is 5.73 Å². The molecule has 10 heavy (non-hydrogen) atoms. The second-order valence-corrected chi connectivity index (χ2v) is 2.22. The third-order valence-corrected chi connectivity index (χ3v) is 1.44. The molecule has 0 bridgehead atoms. The van der Waals surface area contributed by atoms with Crippen LogP contribution in [-0.2, 0) is 0 Å². The molecule has 58 valence electrons. The summed E-state index contributed by atoms with van der Waals surface area (Å²) in [6.45, 7) is 5.65. The Morgan fingerprint density at radius 1 is 1.60 bits per heavy atom. The standard InChI is InChI=1S/C8H16N2/c1-3-7-10(4-2)8-5-6-9/h1H,4-9H2,2H3. The van der Waals surface area contributed by atoms with Gasteiger partial charge in [-0.05, 0) is 19.5 Å². The molecule has 0 aromatic heterocycles. The first-order valence-electron chi connectivity index (χ1n) is 3.71. The quantitative estimate of drug-likeness (QED) is 0.556. The Bertz CT molecular complexity index is 104. The van der Waals surface area contributed by atoms with Gasteiger partial charge in [-0.25, -0.2) is 0 Å². The summed E-state index contributed by atoms with van der Waals surface area (Å²) in [5, 5.41) is 0. The maximum atomic E-state index is 5.35. The zero-order valence-corrected chi connectivity index (χ0v) is 6.64. The average molecular weight is 140 g/mol. The van der Waals surface area contributed by atoms with Crippen LogP contribution < -0.4 is 5.73 Å². The van der Waals surface area contributed by atoms with Crippen molar-refractivity contribution in [3.63, 3.8) is 0 Å². The third-order valence-electron chi connectivity index (χ3n) is 1.44. The Morgan fingerprint density at radius 3 is 2.70 bits per heavy atom.